The number of fused-ring (bicyclic) bond motifs is 1. The number of hydrogen-bond acceptors (Lipinski definition) is 3. The third-order valence-corrected chi connectivity index (χ3v) is 1.93. The Morgan fingerprint density at radius 3 is 2.93 bits per heavy atom. The van der Waals surface area contributed by atoms with Gasteiger partial charge in [0.15, 0.2) is 5.84 Å². The number of hydrogen-bond donors (Lipinski definition) is 3. The quantitative estimate of drug-likeness (QED) is 0.589. The van der Waals surface area contributed by atoms with Crippen molar-refractivity contribution in [1.82, 2.24) is 5.32 Å². The summed E-state index contributed by atoms with van der Waals surface area (Å²) in [4.78, 5) is 10.6. The molecule has 2 rings (SSSR count). The van der Waals surface area contributed by atoms with Crippen LogP contribution in [-0.4, -0.2) is 11.9 Å². The first kappa shape index (κ1) is 9.26. The van der Waals surface area contributed by atoms with Crippen LogP contribution in [0.15, 0.2) is 35.4 Å². The zero-order valence-electron chi connectivity index (χ0n) is 7.90. The number of primary amides is 1. The minimum atomic E-state index is -0.633. The summed E-state index contributed by atoms with van der Waals surface area (Å²) >= 11 is 0. The van der Waals surface area contributed by atoms with Crippen LogP contribution in [0.4, 0.5) is 10.5 Å². The lowest BCUT2D eigenvalue weighted by Crippen LogP contribution is -2.34. The van der Waals surface area contributed by atoms with Crippen molar-refractivity contribution >= 4 is 23.6 Å². The highest BCUT2D eigenvalue weighted by Gasteiger charge is 2.04. The van der Waals surface area contributed by atoms with E-state index in [-0.39, 0.29) is 0 Å². The van der Waals surface area contributed by atoms with Gasteiger partial charge in [0, 0.05) is 0 Å². The minimum absolute atomic E-state index is 0.388. The first-order valence-electron chi connectivity index (χ1n) is 4.43. The van der Waals surface area contributed by atoms with Gasteiger partial charge in [0.1, 0.15) is 0 Å². The summed E-state index contributed by atoms with van der Waals surface area (Å²) in [7, 11) is 0. The second-order valence-corrected chi connectivity index (χ2v) is 3.02. The number of carbonyl (C=O) groups is 1. The number of para-hydroxylation sites is 1. The number of hydrazone groups is 1. The number of urea groups is 1. The topological polar surface area (TPSA) is 79.5 Å². The number of nitrogens with one attached hydrogen (secondary N) is 2. The summed E-state index contributed by atoms with van der Waals surface area (Å²) in [5, 5.41) is 6.37. The molecule has 0 atom stereocenters. The molecule has 0 saturated carbocycles. The van der Waals surface area contributed by atoms with Crippen molar-refractivity contribution in [2.75, 3.05) is 5.43 Å². The molecule has 1 aliphatic rings. The fraction of sp³-hybridized carbons (Fsp3) is 0. The van der Waals surface area contributed by atoms with Crippen molar-refractivity contribution in [1.29, 1.82) is 0 Å². The summed E-state index contributed by atoms with van der Waals surface area (Å²) in [5.41, 5.74) is 9.71. The lowest BCUT2D eigenvalue weighted by Gasteiger charge is -2.02. The molecular weight excluding hydrogens is 192 g/mol. The summed E-state index contributed by atoms with van der Waals surface area (Å²) in [6.07, 6.45) is 3.54. The van der Waals surface area contributed by atoms with Crippen LogP contribution in [0.5, 0.6) is 0 Å². The van der Waals surface area contributed by atoms with E-state index in [4.69, 9.17) is 5.73 Å². The van der Waals surface area contributed by atoms with Gasteiger partial charge in [-0.1, -0.05) is 18.2 Å². The van der Waals surface area contributed by atoms with Gasteiger partial charge in [-0.25, -0.2) is 4.79 Å². The Hall–Kier alpha value is -2.30. The van der Waals surface area contributed by atoms with Gasteiger partial charge in [-0.3, -0.25) is 10.7 Å². The molecule has 2 amide bonds. The Bertz CT molecular complexity index is 450. The van der Waals surface area contributed by atoms with Gasteiger partial charge < -0.3 is 5.73 Å². The maximum absolute atomic E-state index is 10.6. The zero-order chi connectivity index (χ0) is 10.7. The van der Waals surface area contributed by atoms with Crippen molar-refractivity contribution in [2.45, 2.75) is 0 Å². The monoisotopic (exact) mass is 202 g/mol. The number of amides is 2. The molecule has 0 saturated heterocycles. The second-order valence-electron chi connectivity index (χ2n) is 3.02. The number of anilines is 1. The van der Waals surface area contributed by atoms with Crippen molar-refractivity contribution in [2.24, 2.45) is 10.8 Å². The molecule has 76 valence electrons. The number of benzene rings is 1. The van der Waals surface area contributed by atoms with E-state index in [2.05, 4.69) is 15.8 Å². The normalized spacial score (nSPS) is 13.2. The lowest BCUT2D eigenvalue weighted by molar-refractivity contribution is 0.253. The zero-order valence-corrected chi connectivity index (χ0v) is 7.90. The number of rotatable bonds is 0. The molecule has 0 aliphatic carbocycles. The lowest BCUT2D eigenvalue weighted by atomic mass is 10.2. The van der Waals surface area contributed by atoms with Crippen molar-refractivity contribution in [3.8, 4) is 0 Å². The van der Waals surface area contributed by atoms with E-state index in [1.54, 1.807) is 6.08 Å². The summed E-state index contributed by atoms with van der Waals surface area (Å²) in [6, 6.07) is 7.04. The molecule has 0 bridgehead atoms. The Kier molecular flexibility index (Phi) is 2.37. The third-order valence-electron chi connectivity index (χ3n) is 1.93. The van der Waals surface area contributed by atoms with Gasteiger partial charge in [0.25, 0.3) is 0 Å². The Morgan fingerprint density at radius 1 is 1.33 bits per heavy atom. The minimum Gasteiger partial charge on any atom is -0.351 e. The van der Waals surface area contributed by atoms with E-state index in [1.807, 2.05) is 30.3 Å². The van der Waals surface area contributed by atoms with E-state index in [1.165, 1.54) is 0 Å². The van der Waals surface area contributed by atoms with Gasteiger partial charge in [-0.15, -0.1) is 0 Å². The van der Waals surface area contributed by atoms with E-state index < -0.39 is 6.03 Å². The van der Waals surface area contributed by atoms with E-state index in [0.717, 1.165) is 11.3 Å². The van der Waals surface area contributed by atoms with Crippen molar-refractivity contribution in [3.05, 3.63) is 35.9 Å². The van der Waals surface area contributed by atoms with Gasteiger partial charge in [0.05, 0.1) is 5.69 Å². The van der Waals surface area contributed by atoms with Crippen molar-refractivity contribution in [3.63, 3.8) is 0 Å². The molecule has 5 nitrogen and oxygen atoms in total. The molecule has 1 aliphatic heterocycles. The number of amidine groups is 1. The molecule has 1 heterocycles. The molecular formula is C10H10N4O. The molecule has 1 aromatic carbocycles. The van der Waals surface area contributed by atoms with Crippen LogP contribution in [0.25, 0.3) is 6.08 Å². The highest BCUT2D eigenvalue weighted by Crippen LogP contribution is 2.18. The van der Waals surface area contributed by atoms with Crippen LogP contribution < -0.4 is 16.5 Å². The van der Waals surface area contributed by atoms with Crippen LogP contribution in [0.1, 0.15) is 5.56 Å². The van der Waals surface area contributed by atoms with E-state index >= 15 is 0 Å². The Labute approximate surface area is 86.7 Å². The first-order valence-corrected chi connectivity index (χ1v) is 4.43. The maximum Gasteiger partial charge on any atom is 0.317 e. The second kappa shape index (κ2) is 3.83. The summed E-state index contributed by atoms with van der Waals surface area (Å²) in [6.45, 7) is 0. The predicted molar refractivity (Wildman–Crippen MR) is 59.3 cm³/mol. The SMILES string of the molecule is NC(=O)NC1=NNc2ccccc2C=C1. The van der Waals surface area contributed by atoms with Crippen LogP contribution in [0, 0.1) is 0 Å². The molecule has 1 aromatic rings. The standard InChI is InChI=1S/C10H10N4O/c11-10(15)12-9-6-5-7-3-1-2-4-8(7)13-14-9/h1-6,13H,(H3,11,12,14,15). The number of nitrogens with two attached hydrogens (primary N) is 1. The number of nitrogens with zero attached hydrogens (tertiary/aromatic N) is 1. The Morgan fingerprint density at radius 2 is 2.13 bits per heavy atom. The van der Waals surface area contributed by atoms with Crippen LogP contribution >= 0.6 is 0 Å². The highest BCUT2D eigenvalue weighted by atomic mass is 16.2. The Balaban J connectivity index is 2.25. The largest absolute Gasteiger partial charge is 0.351 e. The molecule has 0 aromatic heterocycles. The molecule has 15 heavy (non-hydrogen) atoms. The highest BCUT2D eigenvalue weighted by molar-refractivity contribution is 6.06. The van der Waals surface area contributed by atoms with E-state index in [9.17, 15) is 4.79 Å². The fourth-order valence-corrected chi connectivity index (χ4v) is 1.27. The molecule has 5 heteroatoms. The first-order chi connectivity index (χ1) is 7.25. The fourth-order valence-electron chi connectivity index (χ4n) is 1.27. The predicted octanol–water partition coefficient (Wildman–Crippen LogP) is 1.11. The van der Waals surface area contributed by atoms with Gasteiger partial charge in [0.2, 0.25) is 0 Å². The maximum atomic E-state index is 10.6. The molecule has 4 N–H and O–H groups in total. The average Bonchev–Trinajstić information content (AvgIpc) is 2.41. The van der Waals surface area contributed by atoms with Crippen LogP contribution in [0.3, 0.4) is 0 Å². The third kappa shape index (κ3) is 2.14. The molecule has 0 unspecified atom stereocenters. The smallest absolute Gasteiger partial charge is 0.317 e. The van der Waals surface area contributed by atoms with Gasteiger partial charge in [-0.2, -0.15) is 5.10 Å². The van der Waals surface area contributed by atoms with Crippen LogP contribution in [-0.2, 0) is 0 Å². The van der Waals surface area contributed by atoms with E-state index in [0.29, 0.717) is 5.84 Å². The summed E-state index contributed by atoms with van der Waals surface area (Å²) in [5.74, 6) is 0.388. The van der Waals surface area contributed by atoms with Crippen molar-refractivity contribution < 1.29 is 4.79 Å². The molecule has 0 fully saturated rings. The molecule has 0 spiro atoms. The average molecular weight is 202 g/mol. The summed E-state index contributed by atoms with van der Waals surface area (Å²) < 4.78 is 0. The number of carbonyl (C=O) groups excluding carboxylic acids is 1. The van der Waals surface area contributed by atoms with Crippen LogP contribution in [0.2, 0.25) is 0 Å². The van der Waals surface area contributed by atoms with Gasteiger partial charge in [-0.05, 0) is 23.8 Å². The molecule has 0 radical (unpaired) electrons. The van der Waals surface area contributed by atoms with Gasteiger partial charge >= 0.3 is 6.03 Å².